The van der Waals surface area contributed by atoms with Crippen molar-refractivity contribution in [3.05, 3.63) is 0 Å². The highest BCUT2D eigenvalue weighted by atomic mass is 16.3. The van der Waals surface area contributed by atoms with Crippen LogP contribution in [0.25, 0.3) is 0 Å². The van der Waals surface area contributed by atoms with Crippen LogP contribution in [-0.4, -0.2) is 23.3 Å². The van der Waals surface area contributed by atoms with Gasteiger partial charge in [0.2, 0.25) is 0 Å². The molecule has 0 aromatic carbocycles. The number of nitrogens with one attached hydrogen (secondary N) is 1. The Bertz CT molecular complexity index is 115. The van der Waals surface area contributed by atoms with Crippen LogP contribution in [0.15, 0.2) is 0 Å². The summed E-state index contributed by atoms with van der Waals surface area (Å²) in [5.41, 5.74) is 0. The van der Waals surface area contributed by atoms with E-state index in [-0.39, 0.29) is 6.10 Å². The van der Waals surface area contributed by atoms with E-state index in [9.17, 15) is 5.11 Å². The van der Waals surface area contributed by atoms with Crippen LogP contribution in [0, 0.1) is 0 Å². The van der Waals surface area contributed by atoms with Crippen molar-refractivity contribution in [1.82, 2.24) is 5.32 Å². The quantitative estimate of drug-likeness (QED) is 0.641. The average molecular weight is 187 g/mol. The summed E-state index contributed by atoms with van der Waals surface area (Å²) in [6, 6.07) is 1.05. The first-order chi connectivity index (χ1) is 6.10. The van der Waals surface area contributed by atoms with Gasteiger partial charge >= 0.3 is 0 Å². The summed E-state index contributed by atoms with van der Waals surface area (Å²) < 4.78 is 0. The second-order valence-corrected chi connectivity index (χ2v) is 4.05. The SMILES string of the molecule is CCCC(CC)NC(C)CC(C)O. The zero-order valence-corrected chi connectivity index (χ0v) is 9.51. The topological polar surface area (TPSA) is 32.3 Å². The van der Waals surface area contributed by atoms with Gasteiger partial charge in [-0.2, -0.15) is 0 Å². The van der Waals surface area contributed by atoms with Crippen molar-refractivity contribution in [1.29, 1.82) is 0 Å². The van der Waals surface area contributed by atoms with Gasteiger partial charge in [0.15, 0.2) is 0 Å². The molecule has 0 spiro atoms. The largest absolute Gasteiger partial charge is 0.393 e. The maximum atomic E-state index is 9.20. The molecule has 0 aliphatic rings. The average Bonchev–Trinajstić information content (AvgIpc) is 2.02. The molecule has 0 aliphatic heterocycles. The molecule has 2 nitrogen and oxygen atoms in total. The van der Waals surface area contributed by atoms with E-state index in [1.165, 1.54) is 19.3 Å². The van der Waals surface area contributed by atoms with E-state index in [2.05, 4.69) is 26.1 Å². The van der Waals surface area contributed by atoms with Crippen LogP contribution in [0.4, 0.5) is 0 Å². The first-order valence-electron chi connectivity index (χ1n) is 5.54. The first kappa shape index (κ1) is 12.9. The Labute approximate surface area is 82.7 Å². The van der Waals surface area contributed by atoms with Crippen LogP contribution in [0.3, 0.4) is 0 Å². The van der Waals surface area contributed by atoms with E-state index in [1.807, 2.05) is 6.92 Å². The van der Waals surface area contributed by atoms with Gasteiger partial charge < -0.3 is 10.4 Å². The Balaban J connectivity index is 3.65. The zero-order chi connectivity index (χ0) is 10.3. The summed E-state index contributed by atoms with van der Waals surface area (Å²) in [6.45, 7) is 8.41. The lowest BCUT2D eigenvalue weighted by atomic mass is 10.1. The van der Waals surface area contributed by atoms with Crippen LogP contribution in [0.5, 0.6) is 0 Å². The van der Waals surface area contributed by atoms with Crippen LogP contribution in [-0.2, 0) is 0 Å². The molecule has 0 bridgehead atoms. The predicted octanol–water partition coefficient (Wildman–Crippen LogP) is 2.31. The van der Waals surface area contributed by atoms with Crippen molar-refractivity contribution in [2.45, 2.75) is 71.6 Å². The van der Waals surface area contributed by atoms with Gasteiger partial charge in [-0.25, -0.2) is 0 Å². The fourth-order valence-electron chi connectivity index (χ4n) is 1.74. The lowest BCUT2D eigenvalue weighted by Crippen LogP contribution is -2.37. The van der Waals surface area contributed by atoms with Gasteiger partial charge in [-0.1, -0.05) is 20.3 Å². The molecule has 0 aliphatic carbocycles. The third kappa shape index (κ3) is 7.03. The third-order valence-electron chi connectivity index (χ3n) is 2.34. The molecule has 13 heavy (non-hydrogen) atoms. The van der Waals surface area contributed by atoms with Crippen molar-refractivity contribution in [3.8, 4) is 0 Å². The zero-order valence-electron chi connectivity index (χ0n) is 9.51. The normalized spacial score (nSPS) is 18.2. The molecule has 0 radical (unpaired) electrons. The van der Waals surface area contributed by atoms with Gasteiger partial charge in [-0.15, -0.1) is 0 Å². The van der Waals surface area contributed by atoms with Crippen LogP contribution < -0.4 is 5.32 Å². The fraction of sp³-hybridized carbons (Fsp3) is 1.00. The number of aliphatic hydroxyl groups is 1. The second kappa shape index (κ2) is 7.34. The molecule has 0 amide bonds. The minimum Gasteiger partial charge on any atom is -0.393 e. The maximum absolute atomic E-state index is 9.20. The molecule has 0 saturated carbocycles. The summed E-state index contributed by atoms with van der Waals surface area (Å²) in [4.78, 5) is 0. The fourth-order valence-corrected chi connectivity index (χ4v) is 1.74. The maximum Gasteiger partial charge on any atom is 0.0526 e. The van der Waals surface area contributed by atoms with Crippen molar-refractivity contribution in [3.63, 3.8) is 0 Å². The Morgan fingerprint density at radius 1 is 1.23 bits per heavy atom. The van der Waals surface area contributed by atoms with Crippen LogP contribution in [0.1, 0.15) is 53.4 Å². The van der Waals surface area contributed by atoms with Gasteiger partial charge in [-0.05, 0) is 33.1 Å². The molecule has 0 fully saturated rings. The highest BCUT2D eigenvalue weighted by molar-refractivity contribution is 4.71. The number of aliphatic hydroxyl groups excluding tert-OH is 1. The molecule has 3 atom stereocenters. The van der Waals surface area contributed by atoms with Gasteiger partial charge in [0.25, 0.3) is 0 Å². The second-order valence-electron chi connectivity index (χ2n) is 4.05. The first-order valence-corrected chi connectivity index (χ1v) is 5.54. The van der Waals surface area contributed by atoms with Crippen molar-refractivity contribution >= 4 is 0 Å². The Morgan fingerprint density at radius 3 is 2.23 bits per heavy atom. The Kier molecular flexibility index (Phi) is 7.29. The summed E-state index contributed by atoms with van der Waals surface area (Å²) in [5.74, 6) is 0. The molecule has 3 unspecified atom stereocenters. The number of rotatable bonds is 7. The molecule has 0 aromatic rings. The summed E-state index contributed by atoms with van der Waals surface area (Å²) in [7, 11) is 0. The van der Waals surface area contributed by atoms with Gasteiger partial charge in [-0.3, -0.25) is 0 Å². The van der Waals surface area contributed by atoms with E-state index in [1.54, 1.807) is 0 Å². The van der Waals surface area contributed by atoms with E-state index in [4.69, 9.17) is 0 Å². The van der Waals surface area contributed by atoms with E-state index >= 15 is 0 Å². The summed E-state index contributed by atoms with van der Waals surface area (Å²) in [6.07, 6.45) is 4.30. The highest BCUT2D eigenvalue weighted by Crippen LogP contribution is 2.05. The molecule has 0 heterocycles. The van der Waals surface area contributed by atoms with E-state index in [0.29, 0.717) is 12.1 Å². The number of hydrogen-bond acceptors (Lipinski definition) is 2. The smallest absolute Gasteiger partial charge is 0.0526 e. The molecule has 0 saturated heterocycles. The molecule has 2 N–H and O–H groups in total. The predicted molar refractivity (Wildman–Crippen MR) is 57.9 cm³/mol. The molecular formula is C11H25NO. The van der Waals surface area contributed by atoms with Crippen molar-refractivity contribution in [2.24, 2.45) is 0 Å². The minimum atomic E-state index is -0.193. The third-order valence-corrected chi connectivity index (χ3v) is 2.34. The summed E-state index contributed by atoms with van der Waals surface area (Å²) in [5, 5.41) is 12.7. The molecule has 80 valence electrons. The lowest BCUT2D eigenvalue weighted by Gasteiger charge is -2.22. The van der Waals surface area contributed by atoms with Crippen LogP contribution in [0.2, 0.25) is 0 Å². The minimum absolute atomic E-state index is 0.193. The molecule has 2 heteroatoms. The van der Waals surface area contributed by atoms with Gasteiger partial charge in [0, 0.05) is 12.1 Å². The van der Waals surface area contributed by atoms with E-state index < -0.39 is 0 Å². The van der Waals surface area contributed by atoms with E-state index in [0.717, 1.165) is 6.42 Å². The number of hydrogen-bond donors (Lipinski definition) is 2. The Hall–Kier alpha value is -0.0800. The Morgan fingerprint density at radius 2 is 1.85 bits per heavy atom. The van der Waals surface area contributed by atoms with Crippen LogP contribution >= 0.6 is 0 Å². The molecule has 0 aromatic heterocycles. The molecular weight excluding hydrogens is 162 g/mol. The van der Waals surface area contributed by atoms with Gasteiger partial charge in [0.1, 0.15) is 0 Å². The van der Waals surface area contributed by atoms with Crippen molar-refractivity contribution in [2.75, 3.05) is 0 Å². The van der Waals surface area contributed by atoms with Crippen molar-refractivity contribution < 1.29 is 5.11 Å². The molecule has 0 rings (SSSR count). The monoisotopic (exact) mass is 187 g/mol. The lowest BCUT2D eigenvalue weighted by molar-refractivity contribution is 0.167. The summed E-state index contributed by atoms with van der Waals surface area (Å²) >= 11 is 0. The highest BCUT2D eigenvalue weighted by Gasteiger charge is 2.10. The standard InChI is InChI=1S/C11H25NO/c1-5-7-11(6-2)12-9(3)8-10(4)13/h9-13H,5-8H2,1-4H3. The van der Waals surface area contributed by atoms with Gasteiger partial charge in [0.05, 0.1) is 6.10 Å².